The van der Waals surface area contributed by atoms with Gasteiger partial charge in [-0.2, -0.15) is 0 Å². The average Bonchev–Trinajstić information content (AvgIpc) is 2.47. The Bertz CT molecular complexity index is 436. The lowest BCUT2D eigenvalue weighted by molar-refractivity contribution is -0.0386. The average molecular weight is 278 g/mol. The van der Waals surface area contributed by atoms with E-state index in [1.165, 1.54) is 5.56 Å². The first-order chi connectivity index (χ1) is 9.63. The molecule has 1 aliphatic heterocycles. The number of nitrogens with two attached hydrogens (primary N) is 1. The Kier molecular flexibility index (Phi) is 5.40. The minimum absolute atomic E-state index is 0.0000463. The third-order valence-electron chi connectivity index (χ3n) is 3.99. The molecule has 1 fully saturated rings. The van der Waals surface area contributed by atoms with Gasteiger partial charge in [-0.1, -0.05) is 24.6 Å². The number of rotatable bonds is 5. The number of aryl methyl sites for hydroxylation is 1. The highest BCUT2D eigenvalue weighted by Crippen LogP contribution is 2.22. The van der Waals surface area contributed by atoms with Crippen molar-refractivity contribution >= 4 is 0 Å². The molecule has 1 aliphatic rings. The molecule has 2 rings (SSSR count). The first-order valence-electron chi connectivity index (χ1n) is 7.37. The third kappa shape index (κ3) is 3.72. The van der Waals surface area contributed by atoms with Crippen molar-refractivity contribution in [3.8, 4) is 5.75 Å². The van der Waals surface area contributed by atoms with Gasteiger partial charge in [-0.05, 0) is 31.5 Å². The zero-order valence-corrected chi connectivity index (χ0v) is 12.8. The number of hydrogen-bond donors (Lipinski definition) is 1. The van der Waals surface area contributed by atoms with Gasteiger partial charge in [-0.3, -0.25) is 4.90 Å². The topological polar surface area (TPSA) is 47.7 Å². The fourth-order valence-corrected chi connectivity index (χ4v) is 2.73. The Balaban J connectivity index is 2.03. The fourth-order valence-electron chi connectivity index (χ4n) is 2.73. The van der Waals surface area contributed by atoms with Crippen molar-refractivity contribution in [2.45, 2.75) is 32.4 Å². The van der Waals surface area contributed by atoms with Gasteiger partial charge in [0.1, 0.15) is 5.75 Å². The monoisotopic (exact) mass is 278 g/mol. The Labute approximate surface area is 121 Å². The van der Waals surface area contributed by atoms with Gasteiger partial charge in [-0.25, -0.2) is 0 Å². The summed E-state index contributed by atoms with van der Waals surface area (Å²) in [5.74, 6) is 0.911. The normalized spacial score (nSPS) is 21.7. The first kappa shape index (κ1) is 15.3. The lowest BCUT2D eigenvalue weighted by atomic mass is 9.98. The molecule has 1 heterocycles. The molecule has 2 N–H and O–H groups in total. The van der Waals surface area contributed by atoms with Crippen LogP contribution in [0.2, 0.25) is 0 Å². The predicted molar refractivity (Wildman–Crippen MR) is 81.3 cm³/mol. The Morgan fingerprint density at radius 3 is 3.00 bits per heavy atom. The van der Waals surface area contributed by atoms with Crippen LogP contribution in [0.4, 0.5) is 0 Å². The maximum atomic E-state index is 6.36. The smallest absolute Gasteiger partial charge is 0.122 e. The molecule has 0 amide bonds. The first-order valence-corrected chi connectivity index (χ1v) is 7.37. The second kappa shape index (κ2) is 7.07. The molecule has 1 aromatic rings. The number of hydrogen-bond acceptors (Lipinski definition) is 4. The van der Waals surface area contributed by atoms with Gasteiger partial charge < -0.3 is 15.2 Å². The second-order valence-electron chi connectivity index (χ2n) is 5.49. The Morgan fingerprint density at radius 2 is 2.30 bits per heavy atom. The van der Waals surface area contributed by atoms with Crippen LogP contribution < -0.4 is 10.5 Å². The molecule has 2 atom stereocenters. The highest BCUT2D eigenvalue weighted by molar-refractivity contribution is 5.37. The lowest BCUT2D eigenvalue weighted by Gasteiger charge is -2.35. The van der Waals surface area contributed by atoms with Crippen LogP contribution in [0.15, 0.2) is 18.2 Å². The molecule has 2 unspecified atom stereocenters. The van der Waals surface area contributed by atoms with E-state index in [0.717, 1.165) is 44.0 Å². The van der Waals surface area contributed by atoms with Crippen LogP contribution in [0.1, 0.15) is 18.1 Å². The van der Waals surface area contributed by atoms with E-state index in [1.807, 2.05) is 6.07 Å². The summed E-state index contributed by atoms with van der Waals surface area (Å²) >= 11 is 0. The van der Waals surface area contributed by atoms with E-state index in [9.17, 15) is 0 Å². The number of benzene rings is 1. The van der Waals surface area contributed by atoms with Gasteiger partial charge in [0, 0.05) is 19.1 Å². The second-order valence-corrected chi connectivity index (χ2v) is 5.49. The summed E-state index contributed by atoms with van der Waals surface area (Å²) < 4.78 is 11.3. The Hall–Kier alpha value is -1.10. The van der Waals surface area contributed by atoms with Gasteiger partial charge in [-0.15, -0.1) is 0 Å². The van der Waals surface area contributed by atoms with Crippen molar-refractivity contribution in [2.24, 2.45) is 5.73 Å². The molecular weight excluding hydrogens is 252 g/mol. The SMILES string of the molecule is CCN1CCOC(C(N)Cc2cc(C)ccc2OC)C1. The van der Waals surface area contributed by atoms with Crippen molar-refractivity contribution in [1.82, 2.24) is 4.90 Å². The lowest BCUT2D eigenvalue weighted by Crippen LogP contribution is -2.51. The van der Waals surface area contributed by atoms with Gasteiger partial charge in [0.05, 0.1) is 19.8 Å². The van der Waals surface area contributed by atoms with Crippen LogP contribution >= 0.6 is 0 Å². The molecule has 4 heteroatoms. The highest BCUT2D eigenvalue weighted by atomic mass is 16.5. The zero-order valence-electron chi connectivity index (χ0n) is 12.8. The van der Waals surface area contributed by atoms with Crippen molar-refractivity contribution in [3.05, 3.63) is 29.3 Å². The van der Waals surface area contributed by atoms with E-state index >= 15 is 0 Å². The van der Waals surface area contributed by atoms with Crippen molar-refractivity contribution in [3.63, 3.8) is 0 Å². The van der Waals surface area contributed by atoms with Gasteiger partial charge in [0.2, 0.25) is 0 Å². The van der Waals surface area contributed by atoms with Crippen LogP contribution in [0, 0.1) is 6.92 Å². The quantitative estimate of drug-likeness (QED) is 0.888. The van der Waals surface area contributed by atoms with Crippen LogP contribution in [0.3, 0.4) is 0 Å². The molecule has 1 saturated heterocycles. The van der Waals surface area contributed by atoms with Gasteiger partial charge >= 0.3 is 0 Å². The van der Waals surface area contributed by atoms with E-state index < -0.39 is 0 Å². The number of methoxy groups -OCH3 is 1. The number of ether oxygens (including phenoxy) is 2. The van der Waals surface area contributed by atoms with Crippen LogP contribution in [0.5, 0.6) is 5.75 Å². The number of likely N-dealkylation sites (N-methyl/N-ethyl adjacent to an activating group) is 1. The van der Waals surface area contributed by atoms with Gasteiger partial charge in [0.15, 0.2) is 0 Å². The predicted octanol–water partition coefficient (Wildman–Crippen LogP) is 1.59. The van der Waals surface area contributed by atoms with Crippen LogP contribution in [-0.4, -0.2) is 50.4 Å². The summed E-state index contributed by atoms with van der Waals surface area (Å²) in [6.45, 7) is 8.03. The Morgan fingerprint density at radius 1 is 1.50 bits per heavy atom. The summed E-state index contributed by atoms with van der Waals surface area (Å²) in [6, 6.07) is 6.22. The molecule has 112 valence electrons. The molecular formula is C16H26N2O2. The fraction of sp³-hybridized carbons (Fsp3) is 0.625. The summed E-state index contributed by atoms with van der Waals surface area (Å²) in [7, 11) is 1.70. The third-order valence-corrected chi connectivity index (χ3v) is 3.99. The summed E-state index contributed by atoms with van der Waals surface area (Å²) in [5.41, 5.74) is 8.76. The minimum atomic E-state index is 0.0000463. The van der Waals surface area contributed by atoms with Crippen LogP contribution in [-0.2, 0) is 11.2 Å². The van der Waals surface area contributed by atoms with Crippen molar-refractivity contribution < 1.29 is 9.47 Å². The standard InChI is InChI=1S/C16H26N2O2/c1-4-18-7-8-20-16(11-18)14(17)10-13-9-12(2)5-6-15(13)19-3/h5-6,9,14,16H,4,7-8,10-11,17H2,1-3H3. The van der Waals surface area contributed by atoms with E-state index in [1.54, 1.807) is 7.11 Å². The van der Waals surface area contributed by atoms with Gasteiger partial charge in [0.25, 0.3) is 0 Å². The molecule has 0 aromatic heterocycles. The molecule has 0 bridgehead atoms. The molecule has 1 aromatic carbocycles. The molecule has 0 saturated carbocycles. The maximum Gasteiger partial charge on any atom is 0.122 e. The van der Waals surface area contributed by atoms with Crippen molar-refractivity contribution in [1.29, 1.82) is 0 Å². The van der Waals surface area contributed by atoms with E-state index in [2.05, 4.69) is 30.9 Å². The minimum Gasteiger partial charge on any atom is -0.496 e. The maximum absolute atomic E-state index is 6.36. The highest BCUT2D eigenvalue weighted by Gasteiger charge is 2.25. The molecule has 0 radical (unpaired) electrons. The summed E-state index contributed by atoms with van der Waals surface area (Å²) in [5, 5.41) is 0. The summed E-state index contributed by atoms with van der Waals surface area (Å²) in [4.78, 5) is 2.39. The van der Waals surface area contributed by atoms with Crippen molar-refractivity contribution in [2.75, 3.05) is 33.4 Å². The molecule has 20 heavy (non-hydrogen) atoms. The molecule has 0 aliphatic carbocycles. The van der Waals surface area contributed by atoms with E-state index in [0.29, 0.717) is 0 Å². The van der Waals surface area contributed by atoms with E-state index in [-0.39, 0.29) is 12.1 Å². The zero-order chi connectivity index (χ0) is 14.5. The summed E-state index contributed by atoms with van der Waals surface area (Å²) in [6.07, 6.45) is 0.890. The van der Waals surface area contributed by atoms with Crippen LogP contribution in [0.25, 0.3) is 0 Å². The molecule has 0 spiro atoms. The number of nitrogens with zero attached hydrogens (tertiary/aromatic N) is 1. The largest absolute Gasteiger partial charge is 0.496 e. The molecule has 4 nitrogen and oxygen atoms in total. The number of morpholine rings is 1. The van der Waals surface area contributed by atoms with E-state index in [4.69, 9.17) is 15.2 Å².